The van der Waals surface area contributed by atoms with E-state index in [2.05, 4.69) is 41.1 Å². The molecule has 0 bridgehead atoms. The summed E-state index contributed by atoms with van der Waals surface area (Å²) in [5, 5.41) is 0. The first-order valence-electron chi connectivity index (χ1n) is 5.15. The highest BCUT2D eigenvalue weighted by atomic mass is 79.9. The second-order valence-corrected chi connectivity index (χ2v) is 5.09. The Kier molecular flexibility index (Phi) is 2.67. The van der Waals surface area contributed by atoms with E-state index < -0.39 is 0 Å². The molecule has 1 aliphatic carbocycles. The van der Waals surface area contributed by atoms with Crippen molar-refractivity contribution in [1.29, 1.82) is 0 Å². The van der Waals surface area contributed by atoms with Crippen LogP contribution in [0.2, 0.25) is 0 Å². The van der Waals surface area contributed by atoms with Crippen LogP contribution in [0.1, 0.15) is 30.4 Å². The second kappa shape index (κ2) is 3.67. The first-order chi connectivity index (χ1) is 6.69. The van der Waals surface area contributed by atoms with Gasteiger partial charge in [0, 0.05) is 4.47 Å². The molecule has 0 radical (unpaired) electrons. The maximum Gasteiger partial charge on any atom is 0.0207 e. The lowest BCUT2D eigenvalue weighted by atomic mass is 9.89. The molecule has 2 heteroatoms. The van der Waals surface area contributed by atoms with E-state index in [9.17, 15) is 0 Å². The molecule has 1 aliphatic rings. The van der Waals surface area contributed by atoms with Gasteiger partial charge in [0.05, 0.1) is 0 Å². The highest BCUT2D eigenvalue weighted by Gasteiger charge is 2.44. The van der Waals surface area contributed by atoms with Gasteiger partial charge in [0.2, 0.25) is 0 Å². The molecule has 0 heterocycles. The fraction of sp³-hybridized carbons (Fsp3) is 0.500. The summed E-state index contributed by atoms with van der Waals surface area (Å²) in [5.41, 5.74) is 8.97. The van der Waals surface area contributed by atoms with Crippen molar-refractivity contribution in [2.45, 2.75) is 31.6 Å². The van der Waals surface area contributed by atoms with Crippen LogP contribution < -0.4 is 5.73 Å². The van der Waals surface area contributed by atoms with Crippen LogP contribution in [0.3, 0.4) is 0 Å². The van der Waals surface area contributed by atoms with Crippen molar-refractivity contribution in [2.24, 2.45) is 5.73 Å². The fourth-order valence-corrected chi connectivity index (χ4v) is 2.63. The molecule has 1 nitrogen and oxygen atoms in total. The standard InChI is InChI=1S/C12H16BrN/c1-9-10(3-2-4-11(9)13)12(5-6-12)7-8-14/h2-4H,5-8,14H2,1H3. The summed E-state index contributed by atoms with van der Waals surface area (Å²) in [5.74, 6) is 0. The lowest BCUT2D eigenvalue weighted by Gasteiger charge is -2.18. The Balaban J connectivity index is 2.37. The van der Waals surface area contributed by atoms with Gasteiger partial charge in [-0.3, -0.25) is 0 Å². The van der Waals surface area contributed by atoms with Crippen LogP contribution in [0, 0.1) is 6.92 Å². The zero-order valence-electron chi connectivity index (χ0n) is 8.52. The third kappa shape index (κ3) is 1.61. The number of nitrogens with two attached hydrogens (primary N) is 1. The van der Waals surface area contributed by atoms with E-state index in [0.29, 0.717) is 5.41 Å². The fourth-order valence-electron chi connectivity index (χ4n) is 2.26. The predicted molar refractivity (Wildman–Crippen MR) is 63.5 cm³/mol. The van der Waals surface area contributed by atoms with E-state index in [1.165, 1.54) is 28.4 Å². The third-order valence-electron chi connectivity index (χ3n) is 3.32. The minimum Gasteiger partial charge on any atom is -0.330 e. The van der Waals surface area contributed by atoms with Crippen molar-refractivity contribution in [3.63, 3.8) is 0 Å². The number of hydrogen-bond donors (Lipinski definition) is 1. The van der Waals surface area contributed by atoms with Crippen LogP contribution in [0.4, 0.5) is 0 Å². The van der Waals surface area contributed by atoms with Crippen molar-refractivity contribution in [1.82, 2.24) is 0 Å². The normalized spacial score (nSPS) is 18.2. The Hall–Kier alpha value is -0.340. The van der Waals surface area contributed by atoms with Gasteiger partial charge in [0.15, 0.2) is 0 Å². The molecule has 2 N–H and O–H groups in total. The van der Waals surface area contributed by atoms with Gasteiger partial charge in [-0.05, 0) is 55.3 Å². The van der Waals surface area contributed by atoms with Crippen molar-refractivity contribution in [3.05, 3.63) is 33.8 Å². The quantitative estimate of drug-likeness (QED) is 0.881. The summed E-state index contributed by atoms with van der Waals surface area (Å²) in [6.07, 6.45) is 3.74. The molecule has 76 valence electrons. The Bertz CT molecular complexity index is 342. The summed E-state index contributed by atoms with van der Waals surface area (Å²) in [6.45, 7) is 2.99. The van der Waals surface area contributed by atoms with Gasteiger partial charge in [-0.15, -0.1) is 0 Å². The largest absolute Gasteiger partial charge is 0.330 e. The Morgan fingerprint density at radius 1 is 1.43 bits per heavy atom. The minimum absolute atomic E-state index is 0.419. The number of rotatable bonds is 3. The van der Waals surface area contributed by atoms with Crippen molar-refractivity contribution in [3.8, 4) is 0 Å². The van der Waals surface area contributed by atoms with Crippen LogP contribution in [0.5, 0.6) is 0 Å². The molecule has 1 aromatic rings. The first-order valence-corrected chi connectivity index (χ1v) is 5.94. The lowest BCUT2D eigenvalue weighted by Crippen LogP contribution is -2.14. The highest BCUT2D eigenvalue weighted by molar-refractivity contribution is 9.10. The lowest BCUT2D eigenvalue weighted by molar-refractivity contribution is 0.625. The first kappa shape index (κ1) is 10.2. The minimum atomic E-state index is 0.419. The molecule has 0 unspecified atom stereocenters. The van der Waals surface area contributed by atoms with Crippen LogP contribution in [-0.4, -0.2) is 6.54 Å². The van der Waals surface area contributed by atoms with Crippen LogP contribution in [-0.2, 0) is 5.41 Å². The maximum atomic E-state index is 5.67. The summed E-state index contributed by atoms with van der Waals surface area (Å²) in [7, 11) is 0. The Morgan fingerprint density at radius 2 is 2.14 bits per heavy atom. The van der Waals surface area contributed by atoms with Gasteiger partial charge in [0.25, 0.3) is 0 Å². The SMILES string of the molecule is Cc1c(Br)cccc1C1(CCN)CC1. The van der Waals surface area contributed by atoms with E-state index in [1.807, 2.05) is 0 Å². The van der Waals surface area contributed by atoms with Gasteiger partial charge in [-0.25, -0.2) is 0 Å². The molecule has 14 heavy (non-hydrogen) atoms. The average molecular weight is 254 g/mol. The zero-order valence-corrected chi connectivity index (χ0v) is 10.1. The van der Waals surface area contributed by atoms with Crippen LogP contribution >= 0.6 is 15.9 Å². The summed E-state index contributed by atoms with van der Waals surface area (Å²) < 4.78 is 1.22. The van der Waals surface area contributed by atoms with Crippen LogP contribution in [0.15, 0.2) is 22.7 Å². The average Bonchev–Trinajstić information content (AvgIpc) is 2.91. The molecular formula is C12H16BrN. The van der Waals surface area contributed by atoms with Crippen molar-refractivity contribution >= 4 is 15.9 Å². The molecule has 0 spiro atoms. The smallest absolute Gasteiger partial charge is 0.0207 e. The number of halogens is 1. The maximum absolute atomic E-state index is 5.67. The molecule has 0 atom stereocenters. The highest BCUT2D eigenvalue weighted by Crippen LogP contribution is 2.52. The van der Waals surface area contributed by atoms with Gasteiger partial charge in [-0.1, -0.05) is 28.1 Å². The van der Waals surface area contributed by atoms with E-state index >= 15 is 0 Å². The molecule has 0 saturated heterocycles. The van der Waals surface area contributed by atoms with Crippen molar-refractivity contribution in [2.75, 3.05) is 6.54 Å². The Labute approximate surface area is 93.8 Å². The second-order valence-electron chi connectivity index (χ2n) is 4.23. The molecular weight excluding hydrogens is 238 g/mol. The third-order valence-corrected chi connectivity index (χ3v) is 4.17. The van der Waals surface area contributed by atoms with E-state index in [4.69, 9.17) is 5.73 Å². The molecule has 2 rings (SSSR count). The van der Waals surface area contributed by atoms with Crippen LogP contribution in [0.25, 0.3) is 0 Å². The van der Waals surface area contributed by atoms with Gasteiger partial charge in [0.1, 0.15) is 0 Å². The van der Waals surface area contributed by atoms with Gasteiger partial charge >= 0.3 is 0 Å². The summed E-state index contributed by atoms with van der Waals surface area (Å²) >= 11 is 3.59. The Morgan fingerprint density at radius 3 is 2.71 bits per heavy atom. The number of benzene rings is 1. The molecule has 0 aliphatic heterocycles. The zero-order chi connectivity index (χ0) is 10.2. The number of hydrogen-bond acceptors (Lipinski definition) is 1. The topological polar surface area (TPSA) is 26.0 Å². The van der Waals surface area contributed by atoms with Crippen molar-refractivity contribution < 1.29 is 0 Å². The van der Waals surface area contributed by atoms with Gasteiger partial charge in [-0.2, -0.15) is 0 Å². The summed E-state index contributed by atoms with van der Waals surface area (Å²) in [4.78, 5) is 0. The van der Waals surface area contributed by atoms with E-state index in [1.54, 1.807) is 0 Å². The van der Waals surface area contributed by atoms with Gasteiger partial charge < -0.3 is 5.73 Å². The molecule has 1 fully saturated rings. The predicted octanol–water partition coefficient (Wildman–Crippen LogP) is 3.14. The molecule has 1 saturated carbocycles. The molecule has 0 amide bonds. The molecule has 1 aromatic carbocycles. The summed E-state index contributed by atoms with van der Waals surface area (Å²) in [6, 6.07) is 6.49. The monoisotopic (exact) mass is 253 g/mol. The van der Waals surface area contributed by atoms with E-state index in [-0.39, 0.29) is 0 Å². The molecule has 0 aromatic heterocycles. The van der Waals surface area contributed by atoms with E-state index in [0.717, 1.165) is 13.0 Å².